The Morgan fingerprint density at radius 3 is 3.05 bits per heavy atom. The molecule has 1 aromatic heterocycles. The number of aromatic amines is 1. The third kappa shape index (κ3) is 4.41. The number of nitrogens with one attached hydrogen (secondary N) is 2. The van der Waals surface area contributed by atoms with E-state index >= 15 is 0 Å². The van der Waals surface area contributed by atoms with E-state index in [2.05, 4.69) is 32.6 Å². The molecule has 7 nitrogen and oxygen atoms in total. The zero-order valence-corrected chi connectivity index (χ0v) is 12.7. The Morgan fingerprint density at radius 2 is 2.23 bits per heavy atom. The SMILES string of the molecule is CCCCOc1ccccc1/C=N\Nc1nc(=O)[nH]nc1C. The molecule has 0 aliphatic rings. The first-order chi connectivity index (χ1) is 10.7. The summed E-state index contributed by atoms with van der Waals surface area (Å²) in [6, 6.07) is 7.63. The fourth-order valence-corrected chi connectivity index (χ4v) is 1.71. The van der Waals surface area contributed by atoms with Gasteiger partial charge in [-0.3, -0.25) is 5.43 Å². The van der Waals surface area contributed by atoms with Crippen molar-refractivity contribution in [3.8, 4) is 5.75 Å². The number of hydrogen-bond acceptors (Lipinski definition) is 6. The Bertz CT molecular complexity index is 696. The monoisotopic (exact) mass is 301 g/mol. The Hall–Kier alpha value is -2.70. The van der Waals surface area contributed by atoms with Crippen molar-refractivity contribution in [1.82, 2.24) is 15.2 Å². The standard InChI is InChI=1S/C15H19N5O2/c1-3-4-9-22-13-8-6-5-7-12(13)10-16-19-14-11(2)18-20-15(21)17-14/h5-8,10H,3-4,9H2,1-2H3,(H2,17,19,20,21)/b16-10-. The van der Waals surface area contributed by atoms with Gasteiger partial charge in [0.05, 0.1) is 12.8 Å². The maximum atomic E-state index is 11.1. The molecule has 0 fully saturated rings. The zero-order chi connectivity index (χ0) is 15.8. The van der Waals surface area contributed by atoms with Crippen LogP contribution in [0.25, 0.3) is 0 Å². The molecule has 0 aliphatic heterocycles. The molecule has 0 bridgehead atoms. The van der Waals surface area contributed by atoms with Gasteiger partial charge in [0.25, 0.3) is 0 Å². The summed E-state index contributed by atoms with van der Waals surface area (Å²) >= 11 is 0. The van der Waals surface area contributed by atoms with E-state index in [0.29, 0.717) is 18.1 Å². The molecule has 0 saturated carbocycles. The Labute approximate surface area is 128 Å². The highest BCUT2D eigenvalue weighted by molar-refractivity contribution is 5.83. The molecule has 0 radical (unpaired) electrons. The van der Waals surface area contributed by atoms with Crippen LogP contribution in [0, 0.1) is 6.92 Å². The van der Waals surface area contributed by atoms with Crippen molar-refractivity contribution >= 4 is 12.0 Å². The van der Waals surface area contributed by atoms with Gasteiger partial charge in [0.1, 0.15) is 11.4 Å². The van der Waals surface area contributed by atoms with Gasteiger partial charge in [0, 0.05) is 5.56 Å². The largest absolute Gasteiger partial charge is 0.493 e. The normalized spacial score (nSPS) is 10.8. The highest BCUT2D eigenvalue weighted by atomic mass is 16.5. The third-order valence-corrected chi connectivity index (χ3v) is 2.92. The molecule has 2 N–H and O–H groups in total. The number of H-pyrrole nitrogens is 1. The van der Waals surface area contributed by atoms with Crippen LogP contribution >= 0.6 is 0 Å². The average molecular weight is 301 g/mol. The van der Waals surface area contributed by atoms with Crippen molar-refractivity contribution in [2.24, 2.45) is 5.10 Å². The summed E-state index contributed by atoms with van der Waals surface area (Å²) in [6.45, 7) is 4.52. The summed E-state index contributed by atoms with van der Waals surface area (Å²) in [6.07, 6.45) is 3.72. The predicted molar refractivity (Wildman–Crippen MR) is 85.5 cm³/mol. The van der Waals surface area contributed by atoms with Crippen LogP contribution in [0.2, 0.25) is 0 Å². The van der Waals surface area contributed by atoms with Crippen LogP contribution < -0.4 is 15.9 Å². The van der Waals surface area contributed by atoms with E-state index in [4.69, 9.17) is 4.74 Å². The van der Waals surface area contributed by atoms with Crippen molar-refractivity contribution in [3.63, 3.8) is 0 Å². The summed E-state index contributed by atoms with van der Waals surface area (Å²) < 4.78 is 5.72. The maximum Gasteiger partial charge on any atom is 0.363 e. The smallest absolute Gasteiger partial charge is 0.363 e. The lowest BCUT2D eigenvalue weighted by molar-refractivity contribution is 0.309. The van der Waals surface area contributed by atoms with Gasteiger partial charge in [0.15, 0.2) is 5.82 Å². The van der Waals surface area contributed by atoms with Gasteiger partial charge in [-0.25, -0.2) is 9.89 Å². The Morgan fingerprint density at radius 1 is 1.41 bits per heavy atom. The number of hydrazone groups is 1. The fraction of sp³-hybridized carbons (Fsp3) is 0.333. The number of rotatable bonds is 7. The zero-order valence-electron chi connectivity index (χ0n) is 12.7. The fourth-order valence-electron chi connectivity index (χ4n) is 1.71. The lowest BCUT2D eigenvalue weighted by Crippen LogP contribution is -2.15. The summed E-state index contributed by atoms with van der Waals surface area (Å²) in [5.74, 6) is 1.10. The average Bonchev–Trinajstić information content (AvgIpc) is 2.52. The molecule has 7 heteroatoms. The van der Waals surface area contributed by atoms with E-state index in [1.165, 1.54) is 0 Å². The first kappa shape index (κ1) is 15.7. The molecular weight excluding hydrogens is 282 g/mol. The van der Waals surface area contributed by atoms with Gasteiger partial charge in [-0.1, -0.05) is 25.5 Å². The molecule has 22 heavy (non-hydrogen) atoms. The Kier molecular flexibility index (Phi) is 5.65. The number of unbranched alkanes of at least 4 members (excludes halogenated alkanes) is 1. The van der Waals surface area contributed by atoms with E-state index < -0.39 is 5.69 Å². The summed E-state index contributed by atoms with van der Waals surface area (Å²) in [5.41, 5.74) is 3.60. The van der Waals surface area contributed by atoms with Crippen molar-refractivity contribution in [2.45, 2.75) is 26.7 Å². The molecule has 0 spiro atoms. The van der Waals surface area contributed by atoms with Gasteiger partial charge in [-0.2, -0.15) is 15.2 Å². The number of aromatic nitrogens is 3. The number of ether oxygens (including phenoxy) is 1. The van der Waals surface area contributed by atoms with Crippen LogP contribution in [0.1, 0.15) is 31.0 Å². The number of anilines is 1. The summed E-state index contributed by atoms with van der Waals surface area (Å²) in [7, 11) is 0. The quantitative estimate of drug-likeness (QED) is 0.464. The molecule has 1 aromatic carbocycles. The molecule has 0 amide bonds. The minimum atomic E-state index is -0.522. The molecule has 0 atom stereocenters. The van der Waals surface area contributed by atoms with Crippen molar-refractivity contribution in [1.29, 1.82) is 0 Å². The van der Waals surface area contributed by atoms with Crippen molar-refractivity contribution < 1.29 is 4.74 Å². The van der Waals surface area contributed by atoms with Crippen LogP contribution in [0.5, 0.6) is 5.75 Å². The van der Waals surface area contributed by atoms with Gasteiger partial charge in [0.2, 0.25) is 0 Å². The van der Waals surface area contributed by atoms with Gasteiger partial charge in [-0.05, 0) is 25.5 Å². The van der Waals surface area contributed by atoms with Gasteiger partial charge in [-0.15, -0.1) is 0 Å². The van der Waals surface area contributed by atoms with E-state index in [9.17, 15) is 4.79 Å². The lowest BCUT2D eigenvalue weighted by Gasteiger charge is -2.08. The molecule has 0 saturated heterocycles. The molecule has 1 heterocycles. The number of benzene rings is 1. The van der Waals surface area contributed by atoms with E-state index in [1.807, 2.05) is 24.3 Å². The van der Waals surface area contributed by atoms with Gasteiger partial charge < -0.3 is 4.74 Å². The highest BCUT2D eigenvalue weighted by Gasteiger charge is 2.02. The first-order valence-electron chi connectivity index (χ1n) is 7.15. The topological polar surface area (TPSA) is 92.3 Å². The maximum absolute atomic E-state index is 11.1. The predicted octanol–water partition coefficient (Wildman–Crippen LogP) is 2.10. The third-order valence-electron chi connectivity index (χ3n) is 2.92. The second kappa shape index (κ2) is 7.92. The van der Waals surface area contributed by atoms with Crippen LogP contribution in [-0.2, 0) is 0 Å². The summed E-state index contributed by atoms with van der Waals surface area (Å²) in [4.78, 5) is 14.9. The van der Waals surface area contributed by atoms with Crippen molar-refractivity contribution in [2.75, 3.05) is 12.0 Å². The van der Waals surface area contributed by atoms with E-state index in [-0.39, 0.29) is 0 Å². The number of para-hydroxylation sites is 1. The van der Waals surface area contributed by atoms with Crippen LogP contribution in [0.15, 0.2) is 34.2 Å². The van der Waals surface area contributed by atoms with Gasteiger partial charge >= 0.3 is 5.69 Å². The van der Waals surface area contributed by atoms with E-state index in [0.717, 1.165) is 24.2 Å². The summed E-state index contributed by atoms with van der Waals surface area (Å²) in [5, 5.41) is 10.2. The molecule has 0 aliphatic carbocycles. The molecule has 2 aromatic rings. The molecular formula is C15H19N5O2. The number of hydrogen-bond donors (Lipinski definition) is 2. The number of aryl methyl sites for hydroxylation is 1. The minimum Gasteiger partial charge on any atom is -0.493 e. The molecule has 0 unspecified atom stereocenters. The first-order valence-corrected chi connectivity index (χ1v) is 7.15. The van der Waals surface area contributed by atoms with E-state index in [1.54, 1.807) is 13.1 Å². The van der Waals surface area contributed by atoms with Crippen LogP contribution in [-0.4, -0.2) is 28.0 Å². The van der Waals surface area contributed by atoms with Crippen molar-refractivity contribution in [3.05, 3.63) is 46.0 Å². The molecule has 2 rings (SSSR count). The minimum absolute atomic E-state index is 0.324. The second-order valence-electron chi connectivity index (χ2n) is 4.68. The van der Waals surface area contributed by atoms with Crippen LogP contribution in [0.3, 0.4) is 0 Å². The number of nitrogens with zero attached hydrogens (tertiary/aromatic N) is 3. The lowest BCUT2D eigenvalue weighted by atomic mass is 10.2. The molecule has 116 valence electrons. The highest BCUT2D eigenvalue weighted by Crippen LogP contribution is 2.16. The second-order valence-corrected chi connectivity index (χ2v) is 4.68. The Balaban J connectivity index is 2.06. The van der Waals surface area contributed by atoms with Crippen LogP contribution in [0.4, 0.5) is 5.82 Å².